The number of H-pyrrole nitrogens is 1. The molecule has 128 valence electrons. The van der Waals surface area contributed by atoms with Crippen LogP contribution in [0.3, 0.4) is 0 Å². The van der Waals surface area contributed by atoms with Gasteiger partial charge in [0.15, 0.2) is 0 Å². The number of carbonyl (C=O) groups excluding carboxylic acids is 1. The number of hydrogen-bond donors (Lipinski definition) is 1. The molecular weight excluding hydrogens is 378 g/mol. The molecule has 0 spiro atoms. The number of rotatable bonds is 3. The van der Waals surface area contributed by atoms with Gasteiger partial charge in [-0.05, 0) is 23.8 Å². The Kier molecular flexibility index (Phi) is 4.59. The van der Waals surface area contributed by atoms with Crippen molar-refractivity contribution in [1.82, 2.24) is 14.8 Å². The fourth-order valence-electron chi connectivity index (χ4n) is 3.39. The number of nitrogens with one attached hydrogen (secondary N) is 1. The fourth-order valence-corrected chi connectivity index (χ4v) is 3.75. The molecule has 1 aliphatic rings. The Morgan fingerprint density at radius 2 is 1.80 bits per heavy atom. The zero-order valence-corrected chi connectivity index (χ0v) is 15.5. The maximum Gasteiger partial charge on any atom is 0.256 e. The average Bonchev–Trinajstić information content (AvgIpc) is 3.05. The second-order valence-corrected chi connectivity index (χ2v) is 7.36. The van der Waals surface area contributed by atoms with Crippen molar-refractivity contribution >= 4 is 32.7 Å². The normalized spacial score (nSPS) is 15.6. The molecule has 5 heteroatoms. The van der Waals surface area contributed by atoms with Crippen LogP contribution in [-0.2, 0) is 6.54 Å². The summed E-state index contributed by atoms with van der Waals surface area (Å²) in [5.41, 5.74) is 3.07. The molecule has 0 aliphatic carbocycles. The fraction of sp³-hybridized carbons (Fsp3) is 0.250. The third kappa shape index (κ3) is 3.48. The molecule has 0 bridgehead atoms. The Morgan fingerprint density at radius 1 is 1.04 bits per heavy atom. The predicted molar refractivity (Wildman–Crippen MR) is 104 cm³/mol. The molecule has 2 heterocycles. The SMILES string of the molecule is O=C(c1c[nH]c2ccc(Br)cc12)N1CCN(Cc2ccccc2)CC1. The average molecular weight is 398 g/mol. The summed E-state index contributed by atoms with van der Waals surface area (Å²) in [6, 6.07) is 16.5. The maximum atomic E-state index is 12.9. The van der Waals surface area contributed by atoms with E-state index in [4.69, 9.17) is 0 Å². The molecule has 4 nitrogen and oxygen atoms in total. The molecule has 1 aliphatic heterocycles. The summed E-state index contributed by atoms with van der Waals surface area (Å²) in [5.74, 6) is 0.115. The van der Waals surface area contributed by atoms with Crippen LogP contribution in [0.25, 0.3) is 10.9 Å². The number of nitrogens with zero attached hydrogens (tertiary/aromatic N) is 2. The van der Waals surface area contributed by atoms with Crippen LogP contribution in [0.15, 0.2) is 59.2 Å². The number of carbonyl (C=O) groups is 1. The largest absolute Gasteiger partial charge is 0.360 e. The van der Waals surface area contributed by atoms with E-state index in [-0.39, 0.29) is 5.91 Å². The summed E-state index contributed by atoms with van der Waals surface area (Å²) in [6.07, 6.45) is 1.83. The monoisotopic (exact) mass is 397 g/mol. The molecule has 0 atom stereocenters. The van der Waals surface area contributed by atoms with Gasteiger partial charge >= 0.3 is 0 Å². The number of hydrogen-bond acceptors (Lipinski definition) is 2. The van der Waals surface area contributed by atoms with Gasteiger partial charge in [-0.15, -0.1) is 0 Å². The lowest BCUT2D eigenvalue weighted by atomic mass is 10.1. The van der Waals surface area contributed by atoms with Crippen LogP contribution in [0.5, 0.6) is 0 Å². The molecule has 1 amide bonds. The molecule has 1 fully saturated rings. The van der Waals surface area contributed by atoms with Crippen LogP contribution in [0, 0.1) is 0 Å². The van der Waals surface area contributed by atoms with E-state index in [1.54, 1.807) is 0 Å². The van der Waals surface area contributed by atoms with Gasteiger partial charge in [-0.25, -0.2) is 0 Å². The first kappa shape index (κ1) is 16.4. The zero-order chi connectivity index (χ0) is 17.2. The van der Waals surface area contributed by atoms with Crippen molar-refractivity contribution in [2.45, 2.75) is 6.54 Å². The lowest BCUT2D eigenvalue weighted by Crippen LogP contribution is -2.48. The van der Waals surface area contributed by atoms with E-state index in [9.17, 15) is 4.79 Å². The zero-order valence-electron chi connectivity index (χ0n) is 13.9. The molecule has 0 radical (unpaired) electrons. The summed E-state index contributed by atoms with van der Waals surface area (Å²) >= 11 is 3.49. The molecule has 25 heavy (non-hydrogen) atoms. The predicted octanol–water partition coefficient (Wildman–Crippen LogP) is 3.89. The van der Waals surface area contributed by atoms with Gasteiger partial charge in [0.05, 0.1) is 5.56 Å². The lowest BCUT2D eigenvalue weighted by molar-refractivity contribution is 0.0630. The van der Waals surface area contributed by atoms with Crippen LogP contribution in [-0.4, -0.2) is 46.9 Å². The van der Waals surface area contributed by atoms with Gasteiger partial charge in [0.25, 0.3) is 5.91 Å². The van der Waals surface area contributed by atoms with E-state index in [1.165, 1.54) is 5.56 Å². The minimum Gasteiger partial charge on any atom is -0.360 e. The van der Waals surface area contributed by atoms with Crippen LogP contribution < -0.4 is 0 Å². The van der Waals surface area contributed by atoms with Crippen molar-refractivity contribution in [3.8, 4) is 0 Å². The van der Waals surface area contributed by atoms with Gasteiger partial charge in [-0.3, -0.25) is 9.69 Å². The highest BCUT2D eigenvalue weighted by atomic mass is 79.9. The summed E-state index contributed by atoms with van der Waals surface area (Å²) < 4.78 is 0.987. The van der Waals surface area contributed by atoms with Crippen molar-refractivity contribution in [3.05, 3.63) is 70.3 Å². The van der Waals surface area contributed by atoms with Crippen molar-refractivity contribution in [2.24, 2.45) is 0 Å². The molecule has 4 rings (SSSR count). The highest BCUT2D eigenvalue weighted by Gasteiger charge is 2.24. The molecule has 2 aromatic carbocycles. The lowest BCUT2D eigenvalue weighted by Gasteiger charge is -2.34. The minimum atomic E-state index is 0.115. The van der Waals surface area contributed by atoms with E-state index in [0.717, 1.165) is 53.7 Å². The summed E-state index contributed by atoms with van der Waals surface area (Å²) in [7, 11) is 0. The van der Waals surface area contributed by atoms with Gasteiger partial charge in [0.1, 0.15) is 0 Å². The van der Waals surface area contributed by atoms with E-state index >= 15 is 0 Å². The topological polar surface area (TPSA) is 39.3 Å². The first-order valence-corrected chi connectivity index (χ1v) is 9.32. The van der Waals surface area contributed by atoms with Gasteiger partial charge in [0, 0.05) is 54.3 Å². The molecule has 3 aromatic rings. The Morgan fingerprint density at radius 3 is 2.56 bits per heavy atom. The summed E-state index contributed by atoms with van der Waals surface area (Å²) in [5, 5.41) is 0.978. The molecule has 1 aromatic heterocycles. The Balaban J connectivity index is 1.43. The van der Waals surface area contributed by atoms with Crippen molar-refractivity contribution in [3.63, 3.8) is 0 Å². The number of aromatic nitrogens is 1. The highest BCUT2D eigenvalue weighted by molar-refractivity contribution is 9.10. The minimum absolute atomic E-state index is 0.115. The van der Waals surface area contributed by atoms with Crippen molar-refractivity contribution in [2.75, 3.05) is 26.2 Å². The van der Waals surface area contributed by atoms with Gasteiger partial charge in [-0.2, -0.15) is 0 Å². The van der Waals surface area contributed by atoms with Crippen molar-refractivity contribution in [1.29, 1.82) is 0 Å². The summed E-state index contributed by atoms with van der Waals surface area (Å²) in [6.45, 7) is 4.31. The van der Waals surface area contributed by atoms with Gasteiger partial charge in [-0.1, -0.05) is 46.3 Å². The number of fused-ring (bicyclic) bond motifs is 1. The van der Waals surface area contributed by atoms with Crippen LogP contribution >= 0.6 is 15.9 Å². The molecule has 1 N–H and O–H groups in total. The number of halogens is 1. The van der Waals surface area contributed by atoms with Crippen LogP contribution in [0.2, 0.25) is 0 Å². The number of amides is 1. The van der Waals surface area contributed by atoms with Gasteiger partial charge in [0.2, 0.25) is 0 Å². The van der Waals surface area contributed by atoms with E-state index < -0.39 is 0 Å². The first-order chi connectivity index (χ1) is 12.2. The maximum absolute atomic E-state index is 12.9. The molecule has 0 unspecified atom stereocenters. The second kappa shape index (κ2) is 7.02. The number of benzene rings is 2. The van der Waals surface area contributed by atoms with E-state index in [2.05, 4.69) is 50.1 Å². The molecule has 0 saturated carbocycles. The van der Waals surface area contributed by atoms with Gasteiger partial charge < -0.3 is 9.88 Å². The van der Waals surface area contributed by atoms with E-state index in [1.807, 2.05) is 35.4 Å². The molecular formula is C20H20BrN3O. The standard InChI is InChI=1S/C20H20BrN3O/c21-16-6-7-19-17(12-16)18(13-22-19)20(25)24-10-8-23(9-11-24)14-15-4-2-1-3-5-15/h1-7,12-13,22H,8-11,14H2. The van der Waals surface area contributed by atoms with Crippen molar-refractivity contribution < 1.29 is 4.79 Å². The quantitative estimate of drug-likeness (QED) is 0.727. The highest BCUT2D eigenvalue weighted by Crippen LogP contribution is 2.24. The Labute approximate surface area is 155 Å². The Hall–Kier alpha value is -2.11. The number of piperazine rings is 1. The smallest absolute Gasteiger partial charge is 0.256 e. The summed E-state index contributed by atoms with van der Waals surface area (Å²) in [4.78, 5) is 20.5. The van der Waals surface area contributed by atoms with E-state index in [0.29, 0.717) is 0 Å². The van der Waals surface area contributed by atoms with Crippen LogP contribution in [0.4, 0.5) is 0 Å². The molecule has 1 saturated heterocycles. The number of aromatic amines is 1. The third-order valence-electron chi connectivity index (χ3n) is 4.78. The second-order valence-electron chi connectivity index (χ2n) is 6.45. The Bertz CT molecular complexity index is 882. The van der Waals surface area contributed by atoms with Crippen LogP contribution in [0.1, 0.15) is 15.9 Å². The third-order valence-corrected chi connectivity index (χ3v) is 5.28. The first-order valence-electron chi connectivity index (χ1n) is 8.53.